The summed E-state index contributed by atoms with van der Waals surface area (Å²) in [6, 6.07) is 7.59. The minimum absolute atomic E-state index is 0. The fraction of sp³-hybridized carbons (Fsp3) is 0.562. The fourth-order valence-electron chi connectivity index (χ4n) is 3.51. The van der Waals surface area contributed by atoms with Gasteiger partial charge in [-0.05, 0) is 51.2 Å². The minimum Gasteiger partial charge on any atom is -0.349 e. The fourth-order valence-corrected chi connectivity index (χ4v) is 3.51. The molecule has 1 aromatic carbocycles. The molecule has 2 saturated heterocycles. The van der Waals surface area contributed by atoms with Crippen molar-refractivity contribution in [2.45, 2.75) is 57.7 Å². The number of benzene rings is 1. The van der Waals surface area contributed by atoms with Gasteiger partial charge in [0.25, 0.3) is 5.91 Å². The van der Waals surface area contributed by atoms with Crippen LogP contribution in [0.3, 0.4) is 0 Å². The van der Waals surface area contributed by atoms with E-state index in [1.54, 1.807) is 0 Å². The van der Waals surface area contributed by atoms with Gasteiger partial charge in [-0.3, -0.25) is 4.79 Å². The van der Waals surface area contributed by atoms with E-state index in [9.17, 15) is 4.79 Å². The number of hydrogen-bond donors (Lipinski definition) is 2. The van der Waals surface area contributed by atoms with Gasteiger partial charge in [0, 0.05) is 23.7 Å². The average Bonchev–Trinajstić information content (AvgIpc) is 2.68. The van der Waals surface area contributed by atoms with Crippen molar-refractivity contribution >= 4 is 18.3 Å². The summed E-state index contributed by atoms with van der Waals surface area (Å²) in [5, 5.41) is 6.82. The summed E-state index contributed by atoms with van der Waals surface area (Å²) >= 11 is 0. The summed E-state index contributed by atoms with van der Waals surface area (Å²) in [7, 11) is 0. The molecule has 110 valence electrons. The predicted molar refractivity (Wildman–Crippen MR) is 83.6 cm³/mol. The maximum atomic E-state index is 12.3. The zero-order valence-electron chi connectivity index (χ0n) is 12.1. The molecule has 2 heterocycles. The van der Waals surface area contributed by atoms with Gasteiger partial charge in [0.15, 0.2) is 0 Å². The number of carbonyl (C=O) groups excluding carboxylic acids is 1. The molecule has 0 aromatic heterocycles. The molecule has 3 rings (SSSR count). The second kappa shape index (κ2) is 6.15. The van der Waals surface area contributed by atoms with E-state index < -0.39 is 0 Å². The lowest BCUT2D eigenvalue weighted by Crippen LogP contribution is -2.48. The van der Waals surface area contributed by atoms with Crippen molar-refractivity contribution in [3.8, 4) is 0 Å². The maximum Gasteiger partial charge on any atom is 0.251 e. The van der Waals surface area contributed by atoms with E-state index in [0.717, 1.165) is 24.0 Å². The zero-order valence-corrected chi connectivity index (χ0v) is 12.9. The molecule has 4 heteroatoms. The summed E-state index contributed by atoms with van der Waals surface area (Å²) in [6.45, 7) is 4.06. The smallest absolute Gasteiger partial charge is 0.251 e. The van der Waals surface area contributed by atoms with Gasteiger partial charge in [0.1, 0.15) is 0 Å². The van der Waals surface area contributed by atoms with E-state index >= 15 is 0 Å². The number of hydrogen-bond acceptors (Lipinski definition) is 2. The van der Waals surface area contributed by atoms with E-state index in [-0.39, 0.29) is 18.3 Å². The van der Waals surface area contributed by atoms with Crippen molar-refractivity contribution in [2.75, 3.05) is 0 Å². The normalized spacial score (nSPS) is 27.8. The molecule has 2 aliphatic heterocycles. The molecule has 0 spiro atoms. The quantitative estimate of drug-likeness (QED) is 0.880. The Kier molecular flexibility index (Phi) is 4.71. The van der Waals surface area contributed by atoms with Crippen LogP contribution >= 0.6 is 12.4 Å². The van der Waals surface area contributed by atoms with E-state index in [0.29, 0.717) is 18.1 Å². The predicted octanol–water partition coefficient (Wildman–Crippen LogP) is 2.74. The van der Waals surface area contributed by atoms with E-state index in [1.165, 1.54) is 18.4 Å². The number of piperidine rings is 1. The van der Waals surface area contributed by atoms with Gasteiger partial charge in [-0.15, -0.1) is 12.4 Å². The number of nitrogens with one attached hydrogen (secondary N) is 2. The van der Waals surface area contributed by atoms with Gasteiger partial charge in [0.2, 0.25) is 0 Å². The van der Waals surface area contributed by atoms with E-state index in [2.05, 4.69) is 23.6 Å². The molecule has 2 aliphatic rings. The van der Waals surface area contributed by atoms with Crippen LogP contribution in [0.25, 0.3) is 0 Å². The molecule has 1 amide bonds. The van der Waals surface area contributed by atoms with Crippen molar-refractivity contribution in [1.29, 1.82) is 0 Å². The lowest BCUT2D eigenvalue weighted by Gasteiger charge is -2.29. The molecule has 1 aromatic rings. The SMILES string of the molecule is Cc1ccc(C(=O)NC2CC3CCC(C2)N3)c(C)c1.Cl. The van der Waals surface area contributed by atoms with Crippen LogP contribution in [-0.4, -0.2) is 24.0 Å². The van der Waals surface area contributed by atoms with Crippen molar-refractivity contribution in [2.24, 2.45) is 0 Å². The second-order valence-electron chi connectivity index (χ2n) is 6.10. The van der Waals surface area contributed by atoms with Gasteiger partial charge < -0.3 is 10.6 Å². The Hall–Kier alpha value is -1.06. The van der Waals surface area contributed by atoms with Crippen LogP contribution in [0.4, 0.5) is 0 Å². The third kappa shape index (κ3) is 3.15. The molecule has 2 fully saturated rings. The van der Waals surface area contributed by atoms with Crippen LogP contribution in [0.15, 0.2) is 18.2 Å². The zero-order chi connectivity index (χ0) is 13.4. The minimum atomic E-state index is 0. The number of carbonyl (C=O) groups is 1. The largest absolute Gasteiger partial charge is 0.349 e. The van der Waals surface area contributed by atoms with Crippen molar-refractivity contribution in [1.82, 2.24) is 10.6 Å². The first-order valence-corrected chi connectivity index (χ1v) is 7.26. The molecule has 2 atom stereocenters. The number of fused-ring (bicyclic) bond motifs is 2. The Morgan fingerprint density at radius 3 is 2.45 bits per heavy atom. The van der Waals surface area contributed by atoms with Gasteiger partial charge in [-0.25, -0.2) is 0 Å². The molecule has 0 aliphatic carbocycles. The summed E-state index contributed by atoms with van der Waals surface area (Å²) in [5.74, 6) is 0.0869. The first-order chi connectivity index (χ1) is 9.11. The maximum absolute atomic E-state index is 12.3. The van der Waals surface area contributed by atoms with Crippen molar-refractivity contribution in [3.63, 3.8) is 0 Å². The Labute approximate surface area is 126 Å². The average molecular weight is 295 g/mol. The van der Waals surface area contributed by atoms with Gasteiger partial charge in [-0.2, -0.15) is 0 Å². The molecular weight excluding hydrogens is 272 g/mol. The first-order valence-electron chi connectivity index (χ1n) is 7.26. The summed E-state index contributed by atoms with van der Waals surface area (Å²) in [4.78, 5) is 12.3. The highest BCUT2D eigenvalue weighted by Crippen LogP contribution is 2.27. The van der Waals surface area contributed by atoms with Gasteiger partial charge in [0.05, 0.1) is 0 Å². The van der Waals surface area contributed by atoms with Crippen molar-refractivity contribution < 1.29 is 4.79 Å². The van der Waals surface area contributed by atoms with Crippen LogP contribution in [0, 0.1) is 13.8 Å². The summed E-state index contributed by atoms with van der Waals surface area (Å²) < 4.78 is 0. The standard InChI is InChI=1S/C16H22N2O.ClH/c1-10-3-6-15(11(2)7-10)16(19)18-14-8-12-4-5-13(9-14)17-12;/h3,6-7,12-14,17H,4-5,8-9H2,1-2H3,(H,18,19);1H. The third-order valence-corrected chi connectivity index (χ3v) is 4.43. The summed E-state index contributed by atoms with van der Waals surface area (Å²) in [6.07, 6.45) is 4.68. The van der Waals surface area contributed by atoms with Gasteiger partial charge in [-0.1, -0.05) is 17.7 Å². The lowest BCUT2D eigenvalue weighted by atomic mass is 9.98. The monoisotopic (exact) mass is 294 g/mol. The number of halogens is 1. The summed E-state index contributed by atoms with van der Waals surface area (Å²) in [5.41, 5.74) is 3.08. The highest BCUT2D eigenvalue weighted by molar-refractivity contribution is 5.95. The number of amides is 1. The highest BCUT2D eigenvalue weighted by Gasteiger charge is 2.34. The highest BCUT2D eigenvalue weighted by atomic mass is 35.5. The third-order valence-electron chi connectivity index (χ3n) is 4.43. The molecule has 20 heavy (non-hydrogen) atoms. The first kappa shape index (κ1) is 15.3. The Morgan fingerprint density at radius 1 is 1.20 bits per heavy atom. The van der Waals surface area contributed by atoms with Crippen LogP contribution in [0.2, 0.25) is 0 Å². The van der Waals surface area contributed by atoms with Crippen molar-refractivity contribution in [3.05, 3.63) is 34.9 Å². The number of aryl methyl sites for hydroxylation is 2. The Bertz CT molecular complexity index is 491. The lowest BCUT2D eigenvalue weighted by molar-refractivity contribution is 0.0923. The number of rotatable bonds is 2. The van der Waals surface area contributed by atoms with E-state index in [1.807, 2.05) is 19.1 Å². The van der Waals surface area contributed by atoms with E-state index in [4.69, 9.17) is 0 Å². The molecule has 2 N–H and O–H groups in total. The molecule has 3 nitrogen and oxygen atoms in total. The molecule has 0 saturated carbocycles. The van der Waals surface area contributed by atoms with Crippen LogP contribution < -0.4 is 10.6 Å². The second-order valence-corrected chi connectivity index (χ2v) is 6.10. The molecule has 0 radical (unpaired) electrons. The molecule has 2 bridgehead atoms. The Balaban J connectivity index is 0.00000147. The molecule has 2 unspecified atom stereocenters. The Morgan fingerprint density at radius 2 is 1.85 bits per heavy atom. The van der Waals surface area contributed by atoms with Crippen LogP contribution in [0.5, 0.6) is 0 Å². The van der Waals surface area contributed by atoms with Crippen LogP contribution in [-0.2, 0) is 0 Å². The topological polar surface area (TPSA) is 41.1 Å². The van der Waals surface area contributed by atoms with Crippen LogP contribution in [0.1, 0.15) is 47.2 Å². The van der Waals surface area contributed by atoms with Gasteiger partial charge >= 0.3 is 0 Å². The molecular formula is C16H23ClN2O.